The van der Waals surface area contributed by atoms with Crippen LogP contribution in [0.15, 0.2) is 18.2 Å². The number of aliphatic hydroxyl groups excluding tert-OH is 1. The summed E-state index contributed by atoms with van der Waals surface area (Å²) in [6, 6.07) is 4.40. The molecule has 0 saturated heterocycles. The molecule has 102 valence electrons. The highest BCUT2D eigenvalue weighted by Crippen LogP contribution is 2.33. The Morgan fingerprint density at radius 1 is 1.33 bits per heavy atom. The molecule has 4 heteroatoms. The summed E-state index contributed by atoms with van der Waals surface area (Å²) in [6.07, 6.45) is 3.83. The van der Waals surface area contributed by atoms with E-state index in [4.69, 9.17) is 5.73 Å². The van der Waals surface area contributed by atoms with Gasteiger partial charge in [-0.1, -0.05) is 25.0 Å². The highest BCUT2D eigenvalue weighted by molar-refractivity contribution is 5.85. The van der Waals surface area contributed by atoms with E-state index in [1.165, 1.54) is 6.07 Å². The van der Waals surface area contributed by atoms with E-state index in [1.54, 1.807) is 19.1 Å². The first kappa shape index (κ1) is 15.4. The van der Waals surface area contributed by atoms with E-state index in [-0.39, 0.29) is 24.1 Å². The Morgan fingerprint density at radius 3 is 2.56 bits per heavy atom. The second-order valence-corrected chi connectivity index (χ2v) is 5.01. The first-order chi connectivity index (χ1) is 8.11. The Morgan fingerprint density at radius 2 is 1.94 bits per heavy atom. The summed E-state index contributed by atoms with van der Waals surface area (Å²) in [6.45, 7) is 1.71. The summed E-state index contributed by atoms with van der Waals surface area (Å²) in [5, 5.41) is 10.2. The average Bonchev–Trinajstić information content (AvgIpc) is 2.84. The fraction of sp³-hybridized carbons (Fsp3) is 0.571. The number of hydrogen-bond acceptors (Lipinski definition) is 2. The fourth-order valence-corrected chi connectivity index (χ4v) is 2.76. The Hall–Kier alpha value is -0.640. The van der Waals surface area contributed by atoms with Gasteiger partial charge in [-0.3, -0.25) is 0 Å². The normalized spacial score (nSPS) is 19.3. The maximum Gasteiger partial charge on any atom is 0.126 e. The molecule has 0 aliphatic heterocycles. The lowest BCUT2D eigenvalue weighted by atomic mass is 9.89. The fourth-order valence-electron chi connectivity index (χ4n) is 2.76. The van der Waals surface area contributed by atoms with E-state index >= 15 is 0 Å². The molecular formula is C14H21ClFNO. The van der Waals surface area contributed by atoms with Gasteiger partial charge in [-0.2, -0.15) is 0 Å². The molecular weight excluding hydrogens is 253 g/mol. The second kappa shape index (κ2) is 6.50. The van der Waals surface area contributed by atoms with Crippen LogP contribution in [0.25, 0.3) is 0 Å². The minimum absolute atomic E-state index is 0. The number of halogens is 2. The van der Waals surface area contributed by atoms with Gasteiger partial charge in [0.15, 0.2) is 0 Å². The van der Waals surface area contributed by atoms with Crippen molar-refractivity contribution in [2.75, 3.05) is 0 Å². The van der Waals surface area contributed by atoms with E-state index in [0.29, 0.717) is 5.56 Å². The molecule has 0 amide bonds. The Balaban J connectivity index is 0.00000162. The zero-order valence-electron chi connectivity index (χ0n) is 10.6. The second-order valence-electron chi connectivity index (χ2n) is 5.01. The number of hydrogen-bond donors (Lipinski definition) is 2. The summed E-state index contributed by atoms with van der Waals surface area (Å²) < 4.78 is 13.4. The van der Waals surface area contributed by atoms with E-state index in [1.807, 2.05) is 0 Å². The van der Waals surface area contributed by atoms with Gasteiger partial charge in [0.2, 0.25) is 0 Å². The monoisotopic (exact) mass is 273 g/mol. The lowest BCUT2D eigenvalue weighted by Gasteiger charge is -2.25. The predicted molar refractivity (Wildman–Crippen MR) is 73.3 cm³/mol. The van der Waals surface area contributed by atoms with E-state index in [0.717, 1.165) is 31.2 Å². The number of nitrogens with two attached hydrogens (primary N) is 1. The molecule has 0 heterocycles. The van der Waals surface area contributed by atoms with Gasteiger partial charge in [-0.15, -0.1) is 12.4 Å². The van der Waals surface area contributed by atoms with Crippen LogP contribution in [-0.2, 0) is 0 Å². The van der Waals surface area contributed by atoms with Crippen molar-refractivity contribution >= 4 is 12.4 Å². The molecule has 2 atom stereocenters. The van der Waals surface area contributed by atoms with Crippen molar-refractivity contribution in [3.05, 3.63) is 35.1 Å². The smallest absolute Gasteiger partial charge is 0.126 e. The summed E-state index contributed by atoms with van der Waals surface area (Å²) in [5.41, 5.74) is 7.35. The van der Waals surface area contributed by atoms with Crippen LogP contribution < -0.4 is 5.73 Å². The Labute approximate surface area is 114 Å². The first-order valence-electron chi connectivity index (χ1n) is 6.30. The van der Waals surface area contributed by atoms with Crippen molar-refractivity contribution in [2.24, 2.45) is 11.7 Å². The first-order valence-corrected chi connectivity index (χ1v) is 6.30. The lowest BCUT2D eigenvalue weighted by Crippen LogP contribution is -2.32. The van der Waals surface area contributed by atoms with E-state index in [9.17, 15) is 9.50 Å². The van der Waals surface area contributed by atoms with Gasteiger partial charge in [0, 0.05) is 0 Å². The highest BCUT2D eigenvalue weighted by Gasteiger charge is 2.29. The Bertz CT molecular complexity index is 393. The third-order valence-corrected chi connectivity index (χ3v) is 3.92. The zero-order chi connectivity index (χ0) is 12.4. The topological polar surface area (TPSA) is 46.2 Å². The van der Waals surface area contributed by atoms with E-state index in [2.05, 4.69) is 0 Å². The Kier molecular flexibility index (Phi) is 5.57. The third kappa shape index (κ3) is 3.02. The van der Waals surface area contributed by atoms with Crippen LogP contribution in [0.2, 0.25) is 0 Å². The zero-order valence-corrected chi connectivity index (χ0v) is 11.4. The number of rotatable bonds is 3. The molecule has 1 aromatic rings. The maximum atomic E-state index is 13.4. The lowest BCUT2D eigenvalue weighted by molar-refractivity contribution is 0.0842. The summed E-state index contributed by atoms with van der Waals surface area (Å²) in [4.78, 5) is 0. The molecule has 0 aromatic heterocycles. The number of aliphatic hydroxyl groups is 1. The van der Waals surface area contributed by atoms with Crippen molar-refractivity contribution in [3.63, 3.8) is 0 Å². The molecule has 1 aromatic carbocycles. The van der Waals surface area contributed by atoms with Crippen LogP contribution in [0.4, 0.5) is 4.39 Å². The molecule has 0 radical (unpaired) electrons. The molecule has 0 spiro atoms. The SMILES string of the molecule is Cc1c(F)cccc1[C@H](N)[C@H](O)C1CCCC1.Cl. The van der Waals surface area contributed by atoms with Crippen molar-refractivity contribution in [3.8, 4) is 0 Å². The van der Waals surface area contributed by atoms with Gasteiger partial charge in [-0.05, 0) is 42.9 Å². The minimum atomic E-state index is -0.557. The average molecular weight is 274 g/mol. The third-order valence-electron chi connectivity index (χ3n) is 3.92. The molecule has 1 aliphatic rings. The van der Waals surface area contributed by atoms with Crippen LogP contribution in [0.1, 0.15) is 42.9 Å². The highest BCUT2D eigenvalue weighted by atomic mass is 35.5. The minimum Gasteiger partial charge on any atom is -0.391 e. The van der Waals surface area contributed by atoms with Crippen LogP contribution >= 0.6 is 12.4 Å². The van der Waals surface area contributed by atoms with Crippen LogP contribution in [0.3, 0.4) is 0 Å². The molecule has 1 fully saturated rings. The van der Waals surface area contributed by atoms with Crippen molar-refractivity contribution < 1.29 is 9.50 Å². The molecule has 0 unspecified atom stereocenters. The summed E-state index contributed by atoms with van der Waals surface area (Å²) in [7, 11) is 0. The van der Waals surface area contributed by atoms with Gasteiger partial charge in [0.1, 0.15) is 5.82 Å². The molecule has 18 heavy (non-hydrogen) atoms. The summed E-state index contributed by atoms with van der Waals surface area (Å²) >= 11 is 0. The number of benzene rings is 1. The van der Waals surface area contributed by atoms with Gasteiger partial charge in [-0.25, -0.2) is 4.39 Å². The molecule has 3 N–H and O–H groups in total. The van der Waals surface area contributed by atoms with Crippen LogP contribution in [-0.4, -0.2) is 11.2 Å². The van der Waals surface area contributed by atoms with Crippen molar-refractivity contribution in [1.29, 1.82) is 0 Å². The van der Waals surface area contributed by atoms with Gasteiger partial charge < -0.3 is 10.8 Å². The van der Waals surface area contributed by atoms with Gasteiger partial charge in [0.05, 0.1) is 12.1 Å². The largest absolute Gasteiger partial charge is 0.391 e. The van der Waals surface area contributed by atoms with Crippen LogP contribution in [0, 0.1) is 18.7 Å². The standard InChI is InChI=1S/C14H20FNO.ClH/c1-9-11(7-4-8-12(9)15)13(16)14(17)10-5-2-3-6-10;/h4,7-8,10,13-14,17H,2-3,5-6,16H2,1H3;1H/t13-,14+;/m0./s1. The molecule has 0 bridgehead atoms. The van der Waals surface area contributed by atoms with Crippen LogP contribution in [0.5, 0.6) is 0 Å². The molecule has 1 saturated carbocycles. The quantitative estimate of drug-likeness (QED) is 0.889. The van der Waals surface area contributed by atoms with Gasteiger partial charge >= 0.3 is 0 Å². The molecule has 2 rings (SSSR count). The molecule has 1 aliphatic carbocycles. The molecule has 2 nitrogen and oxygen atoms in total. The van der Waals surface area contributed by atoms with E-state index < -0.39 is 12.1 Å². The van der Waals surface area contributed by atoms with Gasteiger partial charge in [0.25, 0.3) is 0 Å². The van der Waals surface area contributed by atoms with Crippen molar-refractivity contribution in [1.82, 2.24) is 0 Å². The predicted octanol–water partition coefficient (Wildman–Crippen LogP) is 3.11. The summed E-state index contributed by atoms with van der Waals surface area (Å²) in [5.74, 6) is 0.0178. The van der Waals surface area contributed by atoms with Crippen molar-refractivity contribution in [2.45, 2.75) is 44.8 Å². The maximum absolute atomic E-state index is 13.4.